The van der Waals surface area contributed by atoms with Crippen LogP contribution in [0.5, 0.6) is 0 Å². The number of amides is 2. The van der Waals surface area contributed by atoms with Gasteiger partial charge in [-0.25, -0.2) is 9.97 Å². The van der Waals surface area contributed by atoms with Gasteiger partial charge in [-0.3, -0.25) is 14.4 Å². The van der Waals surface area contributed by atoms with Crippen molar-refractivity contribution in [2.45, 2.75) is 18.5 Å². The van der Waals surface area contributed by atoms with Crippen LogP contribution in [0.25, 0.3) is 22.1 Å². The quantitative estimate of drug-likeness (QED) is 0.201. The number of thiophene rings is 1. The van der Waals surface area contributed by atoms with Crippen molar-refractivity contribution in [1.82, 2.24) is 20.2 Å². The summed E-state index contributed by atoms with van der Waals surface area (Å²) in [5.74, 6) is -1.33. The Morgan fingerprint density at radius 1 is 1.18 bits per heavy atom. The van der Waals surface area contributed by atoms with Crippen molar-refractivity contribution in [3.8, 4) is 0 Å². The Kier molecular flexibility index (Phi) is 7.76. The van der Waals surface area contributed by atoms with E-state index in [0.29, 0.717) is 34.8 Å². The van der Waals surface area contributed by atoms with Crippen LogP contribution in [0.2, 0.25) is 0 Å². The lowest BCUT2D eigenvalue weighted by atomic mass is 10.2. The largest absolute Gasteiger partial charge is 0.455 e. The molecule has 0 bridgehead atoms. The van der Waals surface area contributed by atoms with E-state index in [1.54, 1.807) is 18.3 Å². The summed E-state index contributed by atoms with van der Waals surface area (Å²) in [5, 5.41) is 6.09. The second kappa shape index (κ2) is 11.1. The number of furan rings is 1. The monoisotopic (exact) mass is 498 g/mol. The first-order valence-electron chi connectivity index (χ1n) is 10.5. The summed E-state index contributed by atoms with van der Waals surface area (Å²) in [6.45, 7) is 1.96. The number of hydrogen-bond donors (Lipinski definition) is 1. The number of carbonyl (C=O) groups is 3. The van der Waals surface area contributed by atoms with Crippen LogP contribution in [0.4, 0.5) is 0 Å². The van der Waals surface area contributed by atoms with Gasteiger partial charge in [0, 0.05) is 16.8 Å². The molecule has 9 nitrogen and oxygen atoms in total. The fourth-order valence-electron chi connectivity index (χ4n) is 3.21. The van der Waals surface area contributed by atoms with Gasteiger partial charge in [-0.1, -0.05) is 30.0 Å². The predicted octanol–water partition coefficient (Wildman–Crippen LogP) is 3.24. The highest BCUT2D eigenvalue weighted by Gasteiger charge is 2.19. The molecule has 176 valence electrons. The number of esters is 1. The van der Waals surface area contributed by atoms with Crippen LogP contribution in [0.3, 0.4) is 0 Å². The van der Waals surface area contributed by atoms with Crippen LogP contribution in [-0.4, -0.2) is 58.1 Å². The van der Waals surface area contributed by atoms with Gasteiger partial charge in [0.15, 0.2) is 12.2 Å². The molecule has 0 aliphatic rings. The first-order valence-corrected chi connectivity index (χ1v) is 12.4. The summed E-state index contributed by atoms with van der Waals surface area (Å²) in [4.78, 5) is 47.7. The van der Waals surface area contributed by atoms with Gasteiger partial charge in [0.25, 0.3) is 5.91 Å². The molecule has 11 heteroatoms. The maximum absolute atomic E-state index is 12.4. The number of nitrogens with zero attached hydrogens (tertiary/aromatic N) is 3. The fourth-order valence-corrected chi connectivity index (χ4v) is 4.59. The van der Waals surface area contributed by atoms with Gasteiger partial charge in [0.2, 0.25) is 5.91 Å². The molecule has 2 amide bonds. The van der Waals surface area contributed by atoms with Crippen molar-refractivity contribution in [3.05, 3.63) is 53.0 Å². The minimum Gasteiger partial charge on any atom is -0.455 e. The van der Waals surface area contributed by atoms with Crippen LogP contribution in [-0.2, 0) is 25.7 Å². The molecule has 34 heavy (non-hydrogen) atoms. The standard InChI is InChI=1S/C23H22N4O5S2/c1-2-27(11-18(28)24-10-15-6-5-9-33-15)19(29)12-31-20(30)13-34-23-22-21(25-14-26-23)16-7-3-4-8-17(16)32-22/h3-9,14H,2,10-13H2,1H3,(H,24,28). The van der Waals surface area contributed by atoms with Crippen molar-refractivity contribution < 1.29 is 23.5 Å². The van der Waals surface area contributed by atoms with Gasteiger partial charge < -0.3 is 19.4 Å². The molecule has 1 N–H and O–H groups in total. The normalized spacial score (nSPS) is 11.0. The molecule has 3 aromatic heterocycles. The molecule has 0 aliphatic carbocycles. The Balaban J connectivity index is 1.26. The summed E-state index contributed by atoms with van der Waals surface area (Å²) in [7, 11) is 0. The Morgan fingerprint density at radius 3 is 2.82 bits per heavy atom. The smallest absolute Gasteiger partial charge is 0.316 e. The number of likely N-dealkylation sites (N-methyl/N-ethyl adjacent to an activating group) is 1. The molecule has 3 heterocycles. The Bertz CT molecular complexity index is 1310. The van der Waals surface area contributed by atoms with Crippen molar-refractivity contribution in [2.75, 3.05) is 25.4 Å². The number of fused-ring (bicyclic) bond motifs is 3. The van der Waals surface area contributed by atoms with E-state index in [0.717, 1.165) is 22.0 Å². The second-order valence-corrected chi connectivity index (χ2v) is 9.16. The first-order chi connectivity index (χ1) is 16.5. The number of benzene rings is 1. The number of ether oxygens (including phenoxy) is 1. The Morgan fingerprint density at radius 2 is 2.03 bits per heavy atom. The second-order valence-electron chi connectivity index (χ2n) is 7.17. The zero-order valence-corrected chi connectivity index (χ0v) is 20.0. The highest BCUT2D eigenvalue weighted by Crippen LogP contribution is 2.32. The van der Waals surface area contributed by atoms with Gasteiger partial charge in [0.05, 0.1) is 18.8 Å². The maximum atomic E-state index is 12.4. The van der Waals surface area contributed by atoms with Crippen LogP contribution < -0.4 is 5.32 Å². The van der Waals surface area contributed by atoms with Gasteiger partial charge >= 0.3 is 5.97 Å². The van der Waals surface area contributed by atoms with Crippen molar-refractivity contribution in [1.29, 1.82) is 0 Å². The van der Waals surface area contributed by atoms with Gasteiger partial charge in [-0.15, -0.1) is 11.3 Å². The zero-order valence-electron chi connectivity index (χ0n) is 18.4. The van der Waals surface area contributed by atoms with Crippen molar-refractivity contribution in [2.24, 2.45) is 0 Å². The van der Waals surface area contributed by atoms with Gasteiger partial charge in [0.1, 0.15) is 22.5 Å². The number of hydrogen-bond acceptors (Lipinski definition) is 9. The lowest BCUT2D eigenvalue weighted by molar-refractivity contribution is -0.150. The number of rotatable bonds is 10. The van der Waals surface area contributed by atoms with E-state index in [9.17, 15) is 14.4 Å². The van der Waals surface area contributed by atoms with Gasteiger partial charge in [-0.2, -0.15) is 0 Å². The minimum atomic E-state index is -0.570. The molecule has 0 radical (unpaired) electrons. The lowest BCUT2D eigenvalue weighted by Gasteiger charge is -2.20. The molecule has 0 spiro atoms. The summed E-state index contributed by atoms with van der Waals surface area (Å²) in [6.07, 6.45) is 1.42. The van der Waals surface area contributed by atoms with Crippen LogP contribution >= 0.6 is 23.1 Å². The zero-order chi connectivity index (χ0) is 23.9. The number of aromatic nitrogens is 2. The molecule has 4 aromatic rings. The molecule has 0 atom stereocenters. The molecule has 0 saturated carbocycles. The van der Waals surface area contributed by atoms with Crippen molar-refractivity contribution >= 4 is 63.0 Å². The summed E-state index contributed by atoms with van der Waals surface area (Å²) >= 11 is 2.69. The third-order valence-electron chi connectivity index (χ3n) is 4.92. The lowest BCUT2D eigenvalue weighted by Crippen LogP contribution is -2.42. The van der Waals surface area contributed by atoms with E-state index in [1.165, 1.54) is 11.2 Å². The molecule has 0 fully saturated rings. The Labute approximate surface area is 203 Å². The van der Waals surface area contributed by atoms with Crippen LogP contribution in [0, 0.1) is 0 Å². The Hall–Kier alpha value is -3.44. The number of para-hydroxylation sites is 1. The fraction of sp³-hybridized carbons (Fsp3) is 0.261. The van der Waals surface area contributed by atoms with Crippen LogP contribution in [0.15, 0.2) is 57.5 Å². The summed E-state index contributed by atoms with van der Waals surface area (Å²) < 4.78 is 11.0. The van der Waals surface area contributed by atoms with Gasteiger partial charge in [-0.05, 0) is 30.5 Å². The predicted molar refractivity (Wildman–Crippen MR) is 129 cm³/mol. The summed E-state index contributed by atoms with van der Waals surface area (Å²) in [6, 6.07) is 11.3. The SMILES string of the molecule is CCN(CC(=O)NCc1cccs1)C(=O)COC(=O)CSc1ncnc2c1oc1ccccc12. The number of thioether (sulfide) groups is 1. The number of carbonyl (C=O) groups excluding carboxylic acids is 3. The first kappa shape index (κ1) is 23.7. The average molecular weight is 499 g/mol. The molecule has 0 aliphatic heterocycles. The molecule has 4 rings (SSSR count). The van der Waals surface area contributed by atoms with E-state index in [-0.39, 0.29) is 18.2 Å². The van der Waals surface area contributed by atoms with E-state index in [1.807, 2.05) is 41.8 Å². The highest BCUT2D eigenvalue weighted by atomic mass is 32.2. The molecule has 1 aromatic carbocycles. The molecule has 0 unspecified atom stereocenters. The van der Waals surface area contributed by atoms with E-state index >= 15 is 0 Å². The van der Waals surface area contributed by atoms with E-state index in [2.05, 4.69) is 15.3 Å². The van der Waals surface area contributed by atoms with Crippen molar-refractivity contribution in [3.63, 3.8) is 0 Å². The van der Waals surface area contributed by atoms with E-state index in [4.69, 9.17) is 9.15 Å². The highest BCUT2D eigenvalue weighted by molar-refractivity contribution is 8.00. The van der Waals surface area contributed by atoms with Crippen LogP contribution in [0.1, 0.15) is 11.8 Å². The maximum Gasteiger partial charge on any atom is 0.316 e. The molecule has 0 saturated heterocycles. The molecular weight excluding hydrogens is 476 g/mol. The number of nitrogens with one attached hydrogen (secondary N) is 1. The van der Waals surface area contributed by atoms with E-state index < -0.39 is 18.5 Å². The third kappa shape index (κ3) is 5.72. The summed E-state index contributed by atoms with van der Waals surface area (Å²) in [5.41, 5.74) is 1.86. The minimum absolute atomic E-state index is 0.0517. The average Bonchev–Trinajstić information content (AvgIpc) is 3.51. The molecular formula is C23H22N4O5S2. The topological polar surface area (TPSA) is 115 Å². The third-order valence-corrected chi connectivity index (χ3v) is 6.74.